The number of aryl methyl sites for hydroxylation is 1. The molecule has 0 spiro atoms. The van der Waals surface area contributed by atoms with Crippen molar-refractivity contribution in [1.29, 1.82) is 0 Å². The zero-order valence-corrected chi connectivity index (χ0v) is 17.5. The first-order chi connectivity index (χ1) is 13.5. The van der Waals surface area contributed by atoms with Gasteiger partial charge >= 0.3 is 0 Å². The van der Waals surface area contributed by atoms with E-state index in [4.69, 9.17) is 9.47 Å². The molecule has 6 nitrogen and oxygen atoms in total. The first-order valence-electron chi connectivity index (χ1n) is 8.94. The summed E-state index contributed by atoms with van der Waals surface area (Å²) in [4.78, 5) is 25.2. The molecule has 0 atom stereocenters. The molecular weight excluding hydrogens is 424 g/mol. The van der Waals surface area contributed by atoms with Crippen LogP contribution in [-0.2, 0) is 16.0 Å². The van der Waals surface area contributed by atoms with E-state index in [1.54, 1.807) is 18.2 Å². The van der Waals surface area contributed by atoms with Crippen LogP contribution < -0.4 is 19.9 Å². The van der Waals surface area contributed by atoms with E-state index >= 15 is 0 Å². The normalized spacial score (nSPS) is 15.1. The van der Waals surface area contributed by atoms with Gasteiger partial charge in [-0.25, -0.2) is 5.01 Å². The van der Waals surface area contributed by atoms with Gasteiger partial charge in [0.25, 0.3) is 11.8 Å². The Bertz CT molecular complexity index is 938. The second-order valence-electron chi connectivity index (χ2n) is 6.13. The van der Waals surface area contributed by atoms with Crippen molar-refractivity contribution in [2.24, 2.45) is 0 Å². The molecule has 2 aromatic rings. The highest BCUT2D eigenvalue weighted by molar-refractivity contribution is 9.10. The fourth-order valence-corrected chi connectivity index (χ4v) is 3.47. The number of ether oxygens (including phenoxy) is 2. The zero-order valence-electron chi connectivity index (χ0n) is 15.9. The molecule has 1 fully saturated rings. The minimum atomic E-state index is -0.450. The molecule has 1 aliphatic rings. The third-order valence-corrected chi connectivity index (χ3v) is 4.93. The highest BCUT2D eigenvalue weighted by Crippen LogP contribution is 2.37. The lowest BCUT2D eigenvalue weighted by atomic mass is 10.1. The SMILES string of the molecule is CCOc1c(Br)cc(C=C2C(=O)NN(c3ccc(CC)cc3)C2=O)cc1OC. The Labute approximate surface area is 172 Å². The maximum absolute atomic E-state index is 12.8. The van der Waals surface area contributed by atoms with E-state index < -0.39 is 11.8 Å². The Kier molecular flexibility index (Phi) is 6.04. The van der Waals surface area contributed by atoms with Crippen LogP contribution in [0.5, 0.6) is 11.5 Å². The van der Waals surface area contributed by atoms with Crippen molar-refractivity contribution >= 4 is 39.5 Å². The minimum absolute atomic E-state index is 0.0534. The molecule has 1 heterocycles. The van der Waals surface area contributed by atoms with Crippen LogP contribution in [0.2, 0.25) is 0 Å². The Morgan fingerprint density at radius 2 is 1.86 bits per heavy atom. The van der Waals surface area contributed by atoms with Crippen LogP contribution in [0.15, 0.2) is 46.4 Å². The van der Waals surface area contributed by atoms with Crippen molar-refractivity contribution in [1.82, 2.24) is 5.43 Å². The molecular formula is C21H21BrN2O4. The summed E-state index contributed by atoms with van der Waals surface area (Å²) >= 11 is 3.45. The fraction of sp³-hybridized carbons (Fsp3) is 0.238. The Balaban J connectivity index is 1.92. The van der Waals surface area contributed by atoms with Crippen LogP contribution in [0.4, 0.5) is 5.69 Å². The Morgan fingerprint density at radius 3 is 2.46 bits per heavy atom. The standard InChI is InChI=1S/C21H21BrN2O4/c1-4-13-6-8-15(9-7-13)24-21(26)16(20(25)23-24)10-14-11-17(22)19(28-5-2)18(12-14)27-3/h6-12H,4-5H2,1-3H3,(H,23,25). The van der Waals surface area contributed by atoms with E-state index in [1.807, 2.05) is 31.2 Å². The number of amides is 2. The van der Waals surface area contributed by atoms with Gasteiger partial charge in [0.1, 0.15) is 5.57 Å². The molecule has 2 aromatic carbocycles. The summed E-state index contributed by atoms with van der Waals surface area (Å²) in [6.45, 7) is 4.43. The third kappa shape index (κ3) is 3.89. The first-order valence-corrected chi connectivity index (χ1v) is 9.74. The molecule has 0 bridgehead atoms. The zero-order chi connectivity index (χ0) is 20.3. The van der Waals surface area contributed by atoms with Crippen LogP contribution in [0.25, 0.3) is 6.08 Å². The summed E-state index contributed by atoms with van der Waals surface area (Å²) in [5.41, 5.74) is 5.08. The number of nitrogens with zero attached hydrogens (tertiary/aromatic N) is 1. The lowest BCUT2D eigenvalue weighted by Gasteiger charge is -2.15. The molecule has 2 amide bonds. The van der Waals surface area contributed by atoms with Gasteiger partial charge in [0.05, 0.1) is 23.9 Å². The summed E-state index contributed by atoms with van der Waals surface area (Å²) in [6.07, 6.45) is 2.45. The van der Waals surface area contributed by atoms with E-state index in [9.17, 15) is 9.59 Å². The largest absolute Gasteiger partial charge is 0.493 e. The monoisotopic (exact) mass is 444 g/mol. The molecule has 146 valence electrons. The van der Waals surface area contributed by atoms with Crippen LogP contribution in [0, 0.1) is 0 Å². The molecule has 7 heteroatoms. The predicted octanol–water partition coefficient (Wildman–Crippen LogP) is 3.88. The lowest BCUT2D eigenvalue weighted by molar-refractivity contribution is -0.117. The maximum atomic E-state index is 12.8. The molecule has 0 saturated carbocycles. The number of anilines is 1. The average Bonchev–Trinajstić information content (AvgIpc) is 2.98. The third-order valence-electron chi connectivity index (χ3n) is 4.35. The summed E-state index contributed by atoms with van der Waals surface area (Å²) in [5.74, 6) is 0.236. The van der Waals surface area contributed by atoms with Gasteiger partial charge in [-0.2, -0.15) is 0 Å². The van der Waals surface area contributed by atoms with Gasteiger partial charge in [0.15, 0.2) is 11.5 Å². The summed E-state index contributed by atoms with van der Waals surface area (Å²) < 4.78 is 11.6. The molecule has 0 aromatic heterocycles. The number of hydrazine groups is 1. The van der Waals surface area contributed by atoms with E-state index in [1.165, 1.54) is 12.1 Å². The summed E-state index contributed by atoms with van der Waals surface area (Å²) in [7, 11) is 1.54. The second kappa shape index (κ2) is 8.48. The summed E-state index contributed by atoms with van der Waals surface area (Å²) in [5, 5.41) is 1.26. The number of hydrogen-bond acceptors (Lipinski definition) is 4. The number of hydrogen-bond donors (Lipinski definition) is 1. The lowest BCUT2D eigenvalue weighted by Crippen LogP contribution is -2.35. The molecule has 1 saturated heterocycles. The number of carbonyl (C=O) groups is 2. The van der Waals surface area contributed by atoms with Crippen molar-refractivity contribution < 1.29 is 19.1 Å². The van der Waals surface area contributed by atoms with Gasteiger partial charge < -0.3 is 9.47 Å². The van der Waals surface area contributed by atoms with Crippen molar-refractivity contribution in [2.75, 3.05) is 18.7 Å². The van der Waals surface area contributed by atoms with Gasteiger partial charge in [-0.05, 0) is 70.7 Å². The van der Waals surface area contributed by atoms with Crippen LogP contribution >= 0.6 is 15.9 Å². The van der Waals surface area contributed by atoms with Crippen LogP contribution in [0.1, 0.15) is 25.0 Å². The number of benzene rings is 2. The van der Waals surface area contributed by atoms with Crippen molar-refractivity contribution in [3.05, 3.63) is 57.6 Å². The fourth-order valence-electron chi connectivity index (χ4n) is 2.89. The number of rotatable bonds is 6. The first kappa shape index (κ1) is 19.9. The molecule has 1 N–H and O–H groups in total. The molecule has 28 heavy (non-hydrogen) atoms. The molecule has 0 unspecified atom stereocenters. The second-order valence-corrected chi connectivity index (χ2v) is 6.98. The topological polar surface area (TPSA) is 67.9 Å². The van der Waals surface area contributed by atoms with Crippen LogP contribution in [0.3, 0.4) is 0 Å². The van der Waals surface area contributed by atoms with Crippen molar-refractivity contribution in [3.63, 3.8) is 0 Å². The Hall–Kier alpha value is -2.80. The van der Waals surface area contributed by atoms with Gasteiger partial charge in [0, 0.05) is 0 Å². The molecule has 1 aliphatic heterocycles. The number of nitrogens with one attached hydrogen (secondary N) is 1. The molecule has 0 radical (unpaired) electrons. The van der Waals surface area contributed by atoms with Crippen molar-refractivity contribution in [3.8, 4) is 11.5 Å². The highest BCUT2D eigenvalue weighted by Gasteiger charge is 2.34. The van der Waals surface area contributed by atoms with Crippen LogP contribution in [-0.4, -0.2) is 25.5 Å². The van der Waals surface area contributed by atoms with Gasteiger partial charge in [-0.3, -0.25) is 15.0 Å². The predicted molar refractivity (Wildman–Crippen MR) is 111 cm³/mol. The van der Waals surface area contributed by atoms with E-state index in [2.05, 4.69) is 28.3 Å². The van der Waals surface area contributed by atoms with Gasteiger partial charge in [0.2, 0.25) is 0 Å². The molecule has 0 aliphatic carbocycles. The highest BCUT2D eigenvalue weighted by atomic mass is 79.9. The summed E-state index contributed by atoms with van der Waals surface area (Å²) in [6, 6.07) is 11.0. The van der Waals surface area contributed by atoms with Crippen molar-refractivity contribution in [2.45, 2.75) is 20.3 Å². The smallest absolute Gasteiger partial charge is 0.282 e. The number of halogens is 1. The van der Waals surface area contributed by atoms with E-state index in [0.717, 1.165) is 12.0 Å². The number of carbonyl (C=O) groups excluding carboxylic acids is 2. The van der Waals surface area contributed by atoms with E-state index in [0.29, 0.717) is 33.8 Å². The van der Waals surface area contributed by atoms with Gasteiger partial charge in [-0.15, -0.1) is 0 Å². The maximum Gasteiger partial charge on any atom is 0.282 e. The van der Waals surface area contributed by atoms with Gasteiger partial charge in [-0.1, -0.05) is 19.1 Å². The van der Waals surface area contributed by atoms with E-state index in [-0.39, 0.29) is 5.57 Å². The number of methoxy groups -OCH3 is 1. The quantitative estimate of drug-likeness (QED) is 0.542. The average molecular weight is 445 g/mol. The Morgan fingerprint density at radius 1 is 1.14 bits per heavy atom. The molecule has 3 rings (SSSR count). The minimum Gasteiger partial charge on any atom is -0.493 e.